The van der Waals surface area contributed by atoms with Gasteiger partial charge in [0.05, 0.1) is 11.4 Å². The van der Waals surface area contributed by atoms with Gasteiger partial charge in [0.1, 0.15) is 17.3 Å². The molecule has 0 saturated carbocycles. The first-order valence-electron chi connectivity index (χ1n) is 8.51. The van der Waals surface area contributed by atoms with Crippen LogP contribution in [0.4, 0.5) is 23.2 Å². The smallest absolute Gasteiger partial charge is 0.280 e. The van der Waals surface area contributed by atoms with Crippen LogP contribution in [0.3, 0.4) is 0 Å². The fourth-order valence-corrected chi connectivity index (χ4v) is 3.17. The largest absolute Gasteiger partial charge is 0.385 e. The first-order valence-corrected chi connectivity index (χ1v) is 8.89. The van der Waals surface area contributed by atoms with E-state index in [1.54, 1.807) is 0 Å². The number of nitrogens with zero attached hydrogens (tertiary/aromatic N) is 2. The number of aromatic nitrogens is 1. The third-order valence-electron chi connectivity index (χ3n) is 4.85. The zero-order chi connectivity index (χ0) is 21.6. The van der Waals surface area contributed by atoms with Crippen molar-refractivity contribution in [1.29, 1.82) is 0 Å². The van der Waals surface area contributed by atoms with E-state index in [-0.39, 0.29) is 11.4 Å². The van der Waals surface area contributed by atoms with Gasteiger partial charge in [-0.2, -0.15) is 0 Å². The highest BCUT2D eigenvalue weighted by molar-refractivity contribution is 6.30. The number of halogens is 5. The molecule has 0 spiro atoms. The summed E-state index contributed by atoms with van der Waals surface area (Å²) in [5, 5.41) is 2.77. The fourth-order valence-electron chi connectivity index (χ4n) is 3.06. The number of amidine groups is 1. The Morgan fingerprint density at radius 1 is 1.21 bits per heavy atom. The van der Waals surface area contributed by atoms with Crippen LogP contribution in [0, 0.1) is 5.82 Å². The molecule has 0 aliphatic carbocycles. The Kier molecular flexibility index (Phi) is 5.06. The second-order valence-electron chi connectivity index (χ2n) is 7.16. The minimum absolute atomic E-state index is 0.0185. The molecule has 1 aromatic heterocycles. The minimum atomic E-state index is -3.74. The van der Waals surface area contributed by atoms with E-state index in [0.29, 0.717) is 5.02 Å². The number of carbonyl (C=O) groups is 1. The molecule has 3 N–H and O–H groups in total. The molecule has 2 atom stereocenters. The predicted molar refractivity (Wildman–Crippen MR) is 102 cm³/mol. The molecule has 2 heterocycles. The maximum Gasteiger partial charge on any atom is 0.280 e. The highest BCUT2D eigenvalue weighted by Gasteiger charge is 2.60. The Balaban J connectivity index is 2.00. The molecular formula is C19H17ClF4N4O. The van der Waals surface area contributed by atoms with Gasteiger partial charge < -0.3 is 11.1 Å². The van der Waals surface area contributed by atoms with E-state index in [4.69, 9.17) is 17.3 Å². The summed E-state index contributed by atoms with van der Waals surface area (Å²) in [7, 11) is 0. The first kappa shape index (κ1) is 21.0. The van der Waals surface area contributed by atoms with Crippen LogP contribution in [-0.4, -0.2) is 28.3 Å². The van der Waals surface area contributed by atoms with Crippen molar-refractivity contribution in [2.45, 2.75) is 37.4 Å². The Hall–Kier alpha value is -2.68. The number of carbonyl (C=O) groups excluding carboxylic acids is 1. The molecule has 1 aliphatic heterocycles. The second kappa shape index (κ2) is 6.98. The molecule has 5 nitrogen and oxygen atoms in total. The van der Waals surface area contributed by atoms with Crippen molar-refractivity contribution in [2.75, 3.05) is 5.32 Å². The van der Waals surface area contributed by atoms with Gasteiger partial charge in [-0.25, -0.2) is 22.5 Å². The molecular weight excluding hydrogens is 412 g/mol. The number of aliphatic imine (C=N–C) groups is 1. The van der Waals surface area contributed by atoms with E-state index in [1.807, 2.05) is 0 Å². The Morgan fingerprint density at radius 2 is 1.90 bits per heavy atom. The van der Waals surface area contributed by atoms with Gasteiger partial charge in [-0.1, -0.05) is 11.6 Å². The molecule has 0 radical (unpaired) electrons. The van der Waals surface area contributed by atoms with E-state index in [0.717, 1.165) is 26.0 Å². The summed E-state index contributed by atoms with van der Waals surface area (Å²) in [6, 6.07) is 5.95. The van der Waals surface area contributed by atoms with Gasteiger partial charge in [-0.15, -0.1) is 0 Å². The average Bonchev–Trinajstić information content (AvgIpc) is 2.61. The van der Waals surface area contributed by atoms with Gasteiger partial charge in [0, 0.05) is 17.4 Å². The number of alkyl halides is 3. The summed E-state index contributed by atoms with van der Waals surface area (Å²) in [4.78, 5) is 19.8. The standard InChI is InChI=1S/C19H17ClF4N4O/c1-17(22)9-19(23,24)18(2,28-16(17)25)12-7-11(4-5-13(12)21)27-15(29)14-6-3-10(20)8-26-14/h3-8H,9H2,1-2H3,(H2,25,28)(H,27,29)/t17-,18+/m0/s1. The normalized spacial score (nSPS) is 26.0. The number of anilines is 1. The lowest BCUT2D eigenvalue weighted by atomic mass is 9.77. The second-order valence-corrected chi connectivity index (χ2v) is 7.59. The molecule has 1 aromatic carbocycles. The van der Waals surface area contributed by atoms with Crippen LogP contribution in [-0.2, 0) is 5.54 Å². The van der Waals surface area contributed by atoms with E-state index in [2.05, 4.69) is 15.3 Å². The monoisotopic (exact) mass is 428 g/mol. The lowest BCUT2D eigenvalue weighted by molar-refractivity contribution is -0.106. The van der Waals surface area contributed by atoms with Gasteiger partial charge in [0.15, 0.2) is 11.2 Å². The molecule has 0 saturated heterocycles. The van der Waals surface area contributed by atoms with Gasteiger partial charge in [0.25, 0.3) is 11.8 Å². The summed E-state index contributed by atoms with van der Waals surface area (Å²) in [5.41, 5.74) is 0.0829. The highest BCUT2D eigenvalue weighted by atomic mass is 35.5. The van der Waals surface area contributed by atoms with Gasteiger partial charge in [-0.3, -0.25) is 9.79 Å². The van der Waals surface area contributed by atoms with Crippen LogP contribution >= 0.6 is 11.6 Å². The highest BCUT2D eigenvalue weighted by Crippen LogP contribution is 2.50. The number of nitrogens with one attached hydrogen (secondary N) is 1. The molecule has 154 valence electrons. The maximum absolute atomic E-state index is 14.8. The number of amides is 1. The number of rotatable bonds is 3. The van der Waals surface area contributed by atoms with Gasteiger partial charge in [0.2, 0.25) is 0 Å². The van der Waals surface area contributed by atoms with E-state index in [1.165, 1.54) is 24.4 Å². The topological polar surface area (TPSA) is 80.4 Å². The van der Waals surface area contributed by atoms with Crippen molar-refractivity contribution in [1.82, 2.24) is 4.98 Å². The quantitative estimate of drug-likeness (QED) is 0.708. The molecule has 2 aromatic rings. The van der Waals surface area contributed by atoms with Crippen molar-refractivity contribution in [2.24, 2.45) is 10.7 Å². The van der Waals surface area contributed by atoms with Crippen LogP contribution in [0.2, 0.25) is 5.02 Å². The third kappa shape index (κ3) is 3.78. The van der Waals surface area contributed by atoms with E-state index in [9.17, 15) is 22.4 Å². The molecule has 0 bridgehead atoms. The zero-order valence-corrected chi connectivity index (χ0v) is 16.2. The molecule has 29 heavy (non-hydrogen) atoms. The third-order valence-corrected chi connectivity index (χ3v) is 5.08. The number of pyridine rings is 1. The summed E-state index contributed by atoms with van der Waals surface area (Å²) in [6.07, 6.45) is 0.0121. The van der Waals surface area contributed by atoms with E-state index < -0.39 is 46.7 Å². The number of hydrogen-bond acceptors (Lipinski definition) is 4. The lowest BCUT2D eigenvalue weighted by Gasteiger charge is -2.42. The fraction of sp³-hybridized carbons (Fsp3) is 0.316. The average molecular weight is 429 g/mol. The van der Waals surface area contributed by atoms with Crippen molar-refractivity contribution >= 4 is 29.0 Å². The predicted octanol–water partition coefficient (Wildman–Crippen LogP) is 4.47. The molecule has 0 fully saturated rings. The van der Waals surface area contributed by atoms with Crippen molar-refractivity contribution in [3.05, 3.63) is 58.6 Å². The summed E-state index contributed by atoms with van der Waals surface area (Å²) in [5.74, 6) is -6.03. The summed E-state index contributed by atoms with van der Waals surface area (Å²) < 4.78 is 58.4. The van der Waals surface area contributed by atoms with Crippen LogP contribution in [0.15, 0.2) is 41.5 Å². The summed E-state index contributed by atoms with van der Waals surface area (Å²) in [6.45, 7) is 1.87. The van der Waals surface area contributed by atoms with Crippen LogP contribution < -0.4 is 11.1 Å². The molecule has 1 aliphatic rings. The van der Waals surface area contributed by atoms with Gasteiger partial charge >= 0.3 is 0 Å². The van der Waals surface area contributed by atoms with Crippen LogP contribution in [0.25, 0.3) is 0 Å². The molecule has 1 amide bonds. The minimum Gasteiger partial charge on any atom is -0.385 e. The molecule has 3 rings (SSSR count). The van der Waals surface area contributed by atoms with E-state index >= 15 is 0 Å². The summed E-state index contributed by atoms with van der Waals surface area (Å²) >= 11 is 5.72. The molecule has 10 heteroatoms. The van der Waals surface area contributed by atoms with Gasteiger partial charge in [-0.05, 0) is 44.2 Å². The number of benzene rings is 1. The molecule has 0 unspecified atom stereocenters. The Morgan fingerprint density at radius 3 is 2.52 bits per heavy atom. The number of hydrogen-bond donors (Lipinski definition) is 2. The SMILES string of the molecule is C[C@]1(F)CC(F)(F)[C@@](C)(c2cc(NC(=O)c3ccc(Cl)cn3)ccc2F)N=C1N. The number of nitrogens with two attached hydrogens (primary N) is 1. The lowest BCUT2D eigenvalue weighted by Crippen LogP contribution is -2.56. The van der Waals surface area contributed by atoms with Crippen molar-refractivity contribution < 1.29 is 22.4 Å². The van der Waals surface area contributed by atoms with Crippen molar-refractivity contribution in [3.8, 4) is 0 Å². The van der Waals surface area contributed by atoms with Crippen molar-refractivity contribution in [3.63, 3.8) is 0 Å². The zero-order valence-electron chi connectivity index (χ0n) is 15.4. The first-order chi connectivity index (χ1) is 13.4. The Labute approximate surface area is 169 Å². The van der Waals surface area contributed by atoms with Crippen LogP contribution in [0.5, 0.6) is 0 Å². The Bertz CT molecular complexity index is 994. The van der Waals surface area contributed by atoms with Crippen LogP contribution in [0.1, 0.15) is 36.3 Å². The maximum atomic E-state index is 14.8.